The Kier molecular flexibility index (Phi) is 4.23. The van der Waals surface area contributed by atoms with Crippen LogP contribution in [0.2, 0.25) is 0 Å². The van der Waals surface area contributed by atoms with Gasteiger partial charge in [0.1, 0.15) is 0 Å². The van der Waals surface area contributed by atoms with Crippen LogP contribution in [0.5, 0.6) is 0 Å². The Labute approximate surface area is 228 Å². The number of aromatic nitrogens is 4. The van der Waals surface area contributed by atoms with Gasteiger partial charge in [-0.15, -0.1) is 0 Å². The van der Waals surface area contributed by atoms with Gasteiger partial charge in [0.05, 0.1) is 27.8 Å². The number of hydrogen-bond donors (Lipinski definition) is 0. The van der Waals surface area contributed by atoms with Crippen molar-refractivity contribution in [1.82, 2.24) is 19.1 Å². The van der Waals surface area contributed by atoms with Crippen LogP contribution in [0.25, 0.3) is 66.5 Å². The topological polar surface area (TPSA) is 35.6 Å². The van der Waals surface area contributed by atoms with E-state index in [2.05, 4.69) is 131 Å². The smallest absolute Gasteiger partial charge is 0.235 e. The maximum atomic E-state index is 5.19. The summed E-state index contributed by atoms with van der Waals surface area (Å²) in [4.78, 5) is 12.7. The first-order valence-corrected chi connectivity index (χ1v) is 13.8. The van der Waals surface area contributed by atoms with Crippen molar-refractivity contribution < 1.29 is 0 Å². The van der Waals surface area contributed by atoms with E-state index in [4.69, 9.17) is 9.97 Å². The first kappa shape index (κ1) is 21.1. The maximum Gasteiger partial charge on any atom is 0.235 e. The van der Waals surface area contributed by atoms with E-state index in [0.29, 0.717) is 5.95 Å². The van der Waals surface area contributed by atoms with Crippen molar-refractivity contribution in [2.24, 2.45) is 0 Å². The molecular weight excluding hydrogens is 496 g/mol. The lowest BCUT2D eigenvalue weighted by Crippen LogP contribution is -2.04. The highest BCUT2D eigenvalue weighted by molar-refractivity contribution is 7.99. The summed E-state index contributed by atoms with van der Waals surface area (Å²) in [7, 11) is 0. The molecule has 0 spiro atoms. The van der Waals surface area contributed by atoms with E-state index < -0.39 is 0 Å². The van der Waals surface area contributed by atoms with Gasteiger partial charge in [0, 0.05) is 48.8 Å². The van der Waals surface area contributed by atoms with Gasteiger partial charge in [-0.3, -0.25) is 4.57 Å². The number of para-hydroxylation sites is 2. The molecule has 0 atom stereocenters. The van der Waals surface area contributed by atoms with Crippen LogP contribution in [0.3, 0.4) is 0 Å². The molecule has 0 fully saturated rings. The standard InChI is InChI=1S/C34H20N4S/c1-2-9-21(10-3-1)38-27-14-6-4-11-22(27)31-23-19-20-37(26(23)17-18-28(31)38)34-35-25-13-8-16-30-32(25)33(36-34)24-12-5-7-15-29(24)39-30/h1-20H. The van der Waals surface area contributed by atoms with Gasteiger partial charge in [0.25, 0.3) is 0 Å². The van der Waals surface area contributed by atoms with Gasteiger partial charge in [-0.05, 0) is 54.6 Å². The zero-order valence-corrected chi connectivity index (χ0v) is 21.6. The highest BCUT2D eigenvalue weighted by Gasteiger charge is 2.23. The average molecular weight is 517 g/mol. The molecular formula is C34H20N4S. The summed E-state index contributed by atoms with van der Waals surface area (Å²) < 4.78 is 4.49. The maximum absolute atomic E-state index is 5.19. The Morgan fingerprint density at radius 3 is 2.26 bits per heavy atom. The fraction of sp³-hybridized carbons (Fsp3) is 0. The molecule has 8 aromatic rings. The number of rotatable bonds is 2. The highest BCUT2D eigenvalue weighted by atomic mass is 32.2. The molecule has 1 aliphatic heterocycles. The first-order chi connectivity index (χ1) is 19.3. The van der Waals surface area contributed by atoms with Crippen LogP contribution in [0.1, 0.15) is 0 Å². The second-order valence-electron chi connectivity index (χ2n) is 9.89. The second kappa shape index (κ2) is 7.82. The van der Waals surface area contributed by atoms with Crippen molar-refractivity contribution in [3.63, 3.8) is 0 Å². The van der Waals surface area contributed by atoms with Crippen molar-refractivity contribution >= 4 is 55.4 Å². The lowest BCUT2D eigenvalue weighted by molar-refractivity contribution is 0.980. The minimum atomic E-state index is 0.692. The van der Waals surface area contributed by atoms with Crippen molar-refractivity contribution in [3.05, 3.63) is 121 Å². The summed E-state index contributed by atoms with van der Waals surface area (Å²) >= 11 is 1.79. The summed E-state index contributed by atoms with van der Waals surface area (Å²) in [6.45, 7) is 0. The van der Waals surface area contributed by atoms with E-state index in [1.165, 1.54) is 42.5 Å². The van der Waals surface area contributed by atoms with Gasteiger partial charge in [-0.2, -0.15) is 0 Å². The predicted molar refractivity (Wildman–Crippen MR) is 160 cm³/mol. The van der Waals surface area contributed by atoms with Crippen molar-refractivity contribution in [2.45, 2.75) is 9.79 Å². The molecule has 0 aliphatic carbocycles. The van der Waals surface area contributed by atoms with Gasteiger partial charge < -0.3 is 4.57 Å². The summed E-state index contributed by atoms with van der Waals surface area (Å²) in [6, 6.07) is 40.8. The van der Waals surface area contributed by atoms with Gasteiger partial charge in [0.2, 0.25) is 5.95 Å². The first-order valence-electron chi connectivity index (χ1n) is 13.0. The summed E-state index contributed by atoms with van der Waals surface area (Å²) in [5.41, 5.74) is 7.79. The van der Waals surface area contributed by atoms with Crippen LogP contribution < -0.4 is 0 Å². The molecule has 0 unspecified atom stereocenters. The molecule has 0 saturated carbocycles. The van der Waals surface area contributed by atoms with E-state index in [1.807, 2.05) is 0 Å². The van der Waals surface area contributed by atoms with E-state index in [1.54, 1.807) is 11.8 Å². The monoisotopic (exact) mass is 516 g/mol. The third kappa shape index (κ3) is 2.90. The van der Waals surface area contributed by atoms with Crippen LogP contribution >= 0.6 is 11.8 Å². The quantitative estimate of drug-likeness (QED) is 0.230. The molecule has 4 nitrogen and oxygen atoms in total. The van der Waals surface area contributed by atoms with Gasteiger partial charge >= 0.3 is 0 Å². The number of hydrogen-bond acceptors (Lipinski definition) is 3. The van der Waals surface area contributed by atoms with E-state index in [9.17, 15) is 0 Å². The van der Waals surface area contributed by atoms with E-state index in [0.717, 1.165) is 27.8 Å². The molecule has 4 heterocycles. The van der Waals surface area contributed by atoms with Crippen molar-refractivity contribution in [2.75, 3.05) is 0 Å². The third-order valence-corrected chi connectivity index (χ3v) is 8.91. The normalized spacial score (nSPS) is 12.5. The van der Waals surface area contributed by atoms with E-state index in [-0.39, 0.29) is 0 Å². The van der Waals surface area contributed by atoms with Gasteiger partial charge in [-0.25, -0.2) is 9.97 Å². The lowest BCUT2D eigenvalue weighted by atomic mass is 10.1. The molecule has 1 aliphatic rings. The Morgan fingerprint density at radius 1 is 0.538 bits per heavy atom. The van der Waals surface area contributed by atoms with Crippen molar-refractivity contribution in [3.8, 4) is 22.9 Å². The van der Waals surface area contributed by atoms with Gasteiger partial charge in [-0.1, -0.05) is 72.4 Å². The molecule has 39 heavy (non-hydrogen) atoms. The number of nitrogens with zero attached hydrogens (tertiary/aromatic N) is 4. The lowest BCUT2D eigenvalue weighted by Gasteiger charge is -2.19. The molecule has 5 aromatic carbocycles. The van der Waals surface area contributed by atoms with Gasteiger partial charge in [0.15, 0.2) is 0 Å². The molecule has 0 saturated heterocycles. The molecule has 182 valence electrons. The Hall–Kier alpha value is -4.87. The van der Waals surface area contributed by atoms with Crippen molar-refractivity contribution in [1.29, 1.82) is 0 Å². The summed E-state index contributed by atoms with van der Waals surface area (Å²) in [6.07, 6.45) is 2.11. The summed E-state index contributed by atoms with van der Waals surface area (Å²) in [5, 5.41) is 4.82. The minimum Gasteiger partial charge on any atom is -0.309 e. The zero-order chi connectivity index (χ0) is 25.5. The fourth-order valence-electron chi connectivity index (χ4n) is 6.11. The Morgan fingerprint density at radius 2 is 1.31 bits per heavy atom. The molecule has 3 aromatic heterocycles. The molecule has 0 bridgehead atoms. The van der Waals surface area contributed by atoms with Crippen LogP contribution in [0, 0.1) is 0 Å². The molecule has 5 heteroatoms. The fourth-order valence-corrected chi connectivity index (χ4v) is 7.22. The molecule has 9 rings (SSSR count). The zero-order valence-electron chi connectivity index (χ0n) is 20.7. The van der Waals surface area contributed by atoms with Crippen LogP contribution in [-0.2, 0) is 0 Å². The molecule has 0 N–H and O–H groups in total. The second-order valence-corrected chi connectivity index (χ2v) is 11.0. The summed E-state index contributed by atoms with van der Waals surface area (Å²) in [5.74, 6) is 0.692. The molecule has 0 radical (unpaired) electrons. The highest BCUT2D eigenvalue weighted by Crippen LogP contribution is 2.47. The Balaban J connectivity index is 1.34. The largest absolute Gasteiger partial charge is 0.309 e. The average Bonchev–Trinajstić information content (AvgIpc) is 3.57. The predicted octanol–water partition coefficient (Wildman–Crippen LogP) is 8.80. The minimum absolute atomic E-state index is 0.692. The third-order valence-electron chi connectivity index (χ3n) is 7.77. The Bertz CT molecular complexity index is 2260. The number of benzene rings is 5. The van der Waals surface area contributed by atoms with Crippen LogP contribution in [-0.4, -0.2) is 19.1 Å². The SMILES string of the molecule is c1ccc(-n2c3ccccc3c3c4ccn(-c5nc6c7c(cccc7n5)Sc5ccccc5-6)c4ccc32)cc1. The van der Waals surface area contributed by atoms with E-state index >= 15 is 0 Å². The number of fused-ring (bicyclic) bond motifs is 7. The van der Waals surface area contributed by atoms with Crippen LogP contribution in [0.15, 0.2) is 131 Å². The molecule has 0 amide bonds. The van der Waals surface area contributed by atoms with Crippen LogP contribution in [0.4, 0.5) is 0 Å².